The fourth-order valence-corrected chi connectivity index (χ4v) is 4.22. The van der Waals surface area contributed by atoms with Crippen molar-refractivity contribution < 1.29 is 18.9 Å². The zero-order valence-electron chi connectivity index (χ0n) is 15.9. The number of benzene rings is 2. The van der Waals surface area contributed by atoms with Crippen LogP contribution in [0.2, 0.25) is 0 Å². The largest absolute Gasteiger partial charge is 0.454 e. The molecule has 28 heavy (non-hydrogen) atoms. The Kier molecular flexibility index (Phi) is 4.97. The lowest BCUT2D eigenvalue weighted by atomic mass is 9.90. The van der Waals surface area contributed by atoms with Crippen LogP contribution in [0.5, 0.6) is 23.0 Å². The number of ether oxygens (including phenoxy) is 4. The Hall–Kier alpha value is -2.44. The van der Waals surface area contributed by atoms with E-state index < -0.39 is 0 Å². The molecule has 0 unspecified atom stereocenters. The second kappa shape index (κ2) is 7.89. The lowest BCUT2D eigenvalue weighted by molar-refractivity contribution is 0.173. The second-order valence-electron chi connectivity index (χ2n) is 7.63. The van der Waals surface area contributed by atoms with Gasteiger partial charge in [0.25, 0.3) is 0 Å². The molecule has 0 amide bonds. The third-order valence-electron chi connectivity index (χ3n) is 5.78. The molecule has 3 aliphatic rings. The molecular weight excluding hydrogens is 356 g/mol. The van der Waals surface area contributed by atoms with Crippen LogP contribution in [-0.4, -0.2) is 25.7 Å². The maximum absolute atomic E-state index is 5.49. The Balaban J connectivity index is 1.18. The van der Waals surface area contributed by atoms with Crippen LogP contribution in [0.1, 0.15) is 36.8 Å². The Morgan fingerprint density at radius 3 is 1.61 bits per heavy atom. The molecule has 148 valence electrons. The first-order valence-electron chi connectivity index (χ1n) is 10.1. The van der Waals surface area contributed by atoms with E-state index in [1.54, 1.807) is 0 Å². The van der Waals surface area contributed by atoms with Gasteiger partial charge in [0.15, 0.2) is 23.0 Å². The quantitative estimate of drug-likeness (QED) is 0.799. The normalized spacial score (nSPS) is 22.4. The number of hydrogen-bond acceptors (Lipinski definition) is 6. The van der Waals surface area contributed by atoms with Crippen LogP contribution in [0.3, 0.4) is 0 Å². The zero-order chi connectivity index (χ0) is 18.8. The van der Waals surface area contributed by atoms with Crippen LogP contribution in [0, 0.1) is 0 Å². The van der Waals surface area contributed by atoms with Crippen LogP contribution in [0.15, 0.2) is 36.4 Å². The molecule has 2 aromatic carbocycles. The first-order chi connectivity index (χ1) is 13.8. The van der Waals surface area contributed by atoms with Crippen molar-refractivity contribution >= 4 is 0 Å². The molecule has 1 aliphatic carbocycles. The third kappa shape index (κ3) is 3.75. The zero-order valence-corrected chi connectivity index (χ0v) is 15.9. The van der Waals surface area contributed by atoms with Gasteiger partial charge in [-0.25, -0.2) is 0 Å². The molecule has 0 spiro atoms. The molecule has 6 heteroatoms. The molecular formula is C22H26N2O4. The van der Waals surface area contributed by atoms with Gasteiger partial charge in [-0.2, -0.15) is 0 Å². The van der Waals surface area contributed by atoms with Crippen LogP contribution >= 0.6 is 0 Å². The predicted octanol–water partition coefficient (Wildman–Crippen LogP) is 3.33. The van der Waals surface area contributed by atoms with Crippen molar-refractivity contribution in [3.8, 4) is 23.0 Å². The summed E-state index contributed by atoms with van der Waals surface area (Å²) < 4.78 is 21.8. The van der Waals surface area contributed by atoms with E-state index >= 15 is 0 Å². The van der Waals surface area contributed by atoms with E-state index in [1.165, 1.54) is 36.8 Å². The number of nitrogens with one attached hydrogen (secondary N) is 2. The van der Waals surface area contributed by atoms with E-state index in [4.69, 9.17) is 18.9 Å². The van der Waals surface area contributed by atoms with Crippen LogP contribution in [0.25, 0.3) is 0 Å². The van der Waals surface area contributed by atoms with Crippen molar-refractivity contribution in [2.75, 3.05) is 13.6 Å². The molecule has 0 saturated heterocycles. The third-order valence-corrected chi connectivity index (χ3v) is 5.78. The highest BCUT2D eigenvalue weighted by Crippen LogP contribution is 2.33. The minimum absolute atomic E-state index is 0.320. The van der Waals surface area contributed by atoms with Crippen molar-refractivity contribution in [1.82, 2.24) is 10.6 Å². The van der Waals surface area contributed by atoms with Crippen molar-refractivity contribution in [3.63, 3.8) is 0 Å². The van der Waals surface area contributed by atoms with Gasteiger partial charge in [-0.1, -0.05) is 25.0 Å². The van der Waals surface area contributed by atoms with E-state index in [2.05, 4.69) is 34.9 Å². The Labute approximate surface area is 165 Å². The van der Waals surface area contributed by atoms with Gasteiger partial charge in [0, 0.05) is 25.2 Å². The molecule has 5 rings (SSSR count). The molecule has 2 atom stereocenters. The standard InChI is InChI=1S/C22H26N2O4/c1-2-4-18(24-12-16-6-8-20-22(10-16)28-14-26-20)17(3-1)23-11-15-5-7-19-21(9-15)27-13-25-19/h5-10,17-18,23-24H,1-4,11-14H2/t17-,18-/m1/s1. The van der Waals surface area contributed by atoms with Crippen molar-refractivity contribution in [1.29, 1.82) is 0 Å². The molecule has 2 aromatic rings. The molecule has 0 bridgehead atoms. The van der Waals surface area contributed by atoms with E-state index in [0.717, 1.165) is 36.1 Å². The molecule has 0 radical (unpaired) electrons. The second-order valence-corrected chi connectivity index (χ2v) is 7.63. The van der Waals surface area contributed by atoms with E-state index in [1.807, 2.05) is 12.1 Å². The average Bonchev–Trinajstić information content (AvgIpc) is 3.39. The van der Waals surface area contributed by atoms with Gasteiger partial charge in [0.1, 0.15) is 0 Å². The van der Waals surface area contributed by atoms with Gasteiger partial charge in [0.2, 0.25) is 13.6 Å². The summed E-state index contributed by atoms with van der Waals surface area (Å²) in [6.45, 7) is 2.31. The summed E-state index contributed by atoms with van der Waals surface area (Å²) in [5, 5.41) is 7.51. The Bertz CT molecular complexity index is 772. The fraction of sp³-hybridized carbons (Fsp3) is 0.455. The molecule has 0 aromatic heterocycles. The van der Waals surface area contributed by atoms with Gasteiger partial charge < -0.3 is 29.6 Å². The summed E-state index contributed by atoms with van der Waals surface area (Å²) in [7, 11) is 0. The Morgan fingerprint density at radius 2 is 1.11 bits per heavy atom. The van der Waals surface area contributed by atoms with Crippen molar-refractivity contribution in [2.45, 2.75) is 50.9 Å². The van der Waals surface area contributed by atoms with Crippen molar-refractivity contribution in [3.05, 3.63) is 47.5 Å². The molecule has 1 fully saturated rings. The number of rotatable bonds is 6. The van der Waals surface area contributed by atoms with Gasteiger partial charge in [-0.05, 0) is 48.2 Å². The summed E-state index contributed by atoms with van der Waals surface area (Å²) in [4.78, 5) is 0. The SMILES string of the molecule is c1cc2c(cc1CN[C@@H]1CCCC[C@H]1NCc1ccc3c(c1)OCO3)OCO2. The summed E-state index contributed by atoms with van der Waals surface area (Å²) in [6, 6.07) is 13.3. The van der Waals surface area contributed by atoms with Gasteiger partial charge in [-0.15, -0.1) is 0 Å². The van der Waals surface area contributed by atoms with E-state index in [-0.39, 0.29) is 0 Å². The first kappa shape index (κ1) is 17.6. The maximum atomic E-state index is 5.49. The minimum Gasteiger partial charge on any atom is -0.454 e. The average molecular weight is 382 g/mol. The van der Waals surface area contributed by atoms with Gasteiger partial charge >= 0.3 is 0 Å². The molecule has 2 heterocycles. The predicted molar refractivity (Wildman–Crippen MR) is 105 cm³/mol. The number of fused-ring (bicyclic) bond motifs is 2. The summed E-state index contributed by atoms with van der Waals surface area (Å²) >= 11 is 0. The lowest BCUT2D eigenvalue weighted by Crippen LogP contribution is -2.49. The lowest BCUT2D eigenvalue weighted by Gasteiger charge is -2.33. The van der Waals surface area contributed by atoms with Crippen molar-refractivity contribution in [2.24, 2.45) is 0 Å². The topological polar surface area (TPSA) is 61.0 Å². The highest BCUT2D eigenvalue weighted by molar-refractivity contribution is 5.45. The molecule has 1 saturated carbocycles. The monoisotopic (exact) mass is 382 g/mol. The molecule has 2 aliphatic heterocycles. The summed E-state index contributed by atoms with van der Waals surface area (Å²) in [6.07, 6.45) is 4.95. The Morgan fingerprint density at radius 1 is 0.643 bits per heavy atom. The van der Waals surface area contributed by atoms with Gasteiger partial charge in [0.05, 0.1) is 0 Å². The van der Waals surface area contributed by atoms with Crippen LogP contribution < -0.4 is 29.6 Å². The summed E-state index contributed by atoms with van der Waals surface area (Å²) in [5.41, 5.74) is 2.45. The van der Waals surface area contributed by atoms with E-state index in [9.17, 15) is 0 Å². The highest BCUT2D eigenvalue weighted by Gasteiger charge is 2.25. The van der Waals surface area contributed by atoms with E-state index in [0.29, 0.717) is 25.7 Å². The maximum Gasteiger partial charge on any atom is 0.231 e. The van der Waals surface area contributed by atoms with Crippen LogP contribution in [-0.2, 0) is 13.1 Å². The minimum atomic E-state index is 0.320. The molecule has 2 N–H and O–H groups in total. The molecule has 6 nitrogen and oxygen atoms in total. The first-order valence-corrected chi connectivity index (χ1v) is 10.1. The highest BCUT2D eigenvalue weighted by atomic mass is 16.7. The van der Waals surface area contributed by atoms with Crippen LogP contribution in [0.4, 0.5) is 0 Å². The fourth-order valence-electron chi connectivity index (χ4n) is 4.22. The summed E-state index contributed by atoms with van der Waals surface area (Å²) in [5.74, 6) is 3.37. The van der Waals surface area contributed by atoms with Gasteiger partial charge in [-0.3, -0.25) is 0 Å². The smallest absolute Gasteiger partial charge is 0.231 e. The number of hydrogen-bond donors (Lipinski definition) is 2.